The van der Waals surface area contributed by atoms with E-state index in [0.717, 1.165) is 17.2 Å². The molecule has 0 heterocycles. The van der Waals surface area contributed by atoms with Crippen molar-refractivity contribution in [3.05, 3.63) is 29.8 Å². The Morgan fingerprint density at radius 3 is 2.50 bits per heavy atom. The van der Waals surface area contributed by atoms with Crippen LogP contribution in [-0.4, -0.2) is 6.04 Å². The third kappa shape index (κ3) is 2.05. The molecule has 1 aromatic carbocycles. The first-order chi connectivity index (χ1) is 6.79. The van der Waals surface area contributed by atoms with Gasteiger partial charge < -0.3 is 5.32 Å². The molecule has 2 heteroatoms. The predicted molar refractivity (Wildman–Crippen MR) is 57.0 cm³/mol. The van der Waals surface area contributed by atoms with Crippen molar-refractivity contribution in [2.24, 2.45) is 5.92 Å². The average Bonchev–Trinajstić information content (AvgIpc) is 3.02. The lowest BCUT2D eigenvalue weighted by atomic mass is 10.2. The normalized spacial score (nSPS) is 17.1. The second-order valence-electron chi connectivity index (χ2n) is 3.96. The van der Waals surface area contributed by atoms with Crippen LogP contribution < -0.4 is 5.32 Å². The molecular formula is C12H14N2. The van der Waals surface area contributed by atoms with Gasteiger partial charge in [0.25, 0.3) is 0 Å². The molecule has 0 radical (unpaired) electrons. The van der Waals surface area contributed by atoms with Gasteiger partial charge >= 0.3 is 0 Å². The minimum absolute atomic E-state index is 0.558. The van der Waals surface area contributed by atoms with E-state index in [-0.39, 0.29) is 0 Å². The number of anilines is 1. The highest BCUT2D eigenvalue weighted by atomic mass is 14.9. The van der Waals surface area contributed by atoms with Crippen LogP contribution in [0.2, 0.25) is 0 Å². The Bertz CT molecular complexity index is 344. The maximum Gasteiger partial charge on any atom is 0.0991 e. The Hall–Kier alpha value is -1.49. The molecule has 0 unspecified atom stereocenters. The van der Waals surface area contributed by atoms with Gasteiger partial charge in [0.1, 0.15) is 0 Å². The number of hydrogen-bond acceptors (Lipinski definition) is 2. The maximum atomic E-state index is 8.64. The van der Waals surface area contributed by atoms with E-state index >= 15 is 0 Å². The first kappa shape index (κ1) is 9.08. The third-order valence-electron chi connectivity index (χ3n) is 2.74. The summed E-state index contributed by atoms with van der Waals surface area (Å²) in [6.07, 6.45) is 2.70. The van der Waals surface area contributed by atoms with E-state index in [1.54, 1.807) is 0 Å². The van der Waals surface area contributed by atoms with Crippen LogP contribution in [0, 0.1) is 17.2 Å². The molecule has 0 aromatic heterocycles. The Morgan fingerprint density at radius 2 is 2.00 bits per heavy atom. The second-order valence-corrected chi connectivity index (χ2v) is 3.96. The van der Waals surface area contributed by atoms with Gasteiger partial charge in [-0.15, -0.1) is 0 Å². The van der Waals surface area contributed by atoms with Crippen molar-refractivity contribution >= 4 is 5.69 Å². The summed E-state index contributed by atoms with van der Waals surface area (Å²) in [6, 6.07) is 10.3. The maximum absolute atomic E-state index is 8.64. The lowest BCUT2D eigenvalue weighted by Crippen LogP contribution is -2.16. The van der Waals surface area contributed by atoms with Crippen LogP contribution in [0.3, 0.4) is 0 Å². The quantitative estimate of drug-likeness (QED) is 0.787. The number of benzene rings is 1. The van der Waals surface area contributed by atoms with Crippen LogP contribution in [0.1, 0.15) is 25.3 Å². The van der Waals surface area contributed by atoms with Crippen LogP contribution in [0.25, 0.3) is 0 Å². The fourth-order valence-corrected chi connectivity index (χ4v) is 1.62. The van der Waals surface area contributed by atoms with Crippen LogP contribution >= 0.6 is 0 Å². The molecule has 72 valence electrons. The van der Waals surface area contributed by atoms with Gasteiger partial charge in [0.05, 0.1) is 11.6 Å². The summed E-state index contributed by atoms with van der Waals surface area (Å²) in [5.41, 5.74) is 1.83. The number of nitrogens with zero attached hydrogens (tertiary/aromatic N) is 1. The monoisotopic (exact) mass is 186 g/mol. The summed E-state index contributed by atoms with van der Waals surface area (Å²) in [7, 11) is 0. The van der Waals surface area contributed by atoms with Crippen molar-refractivity contribution < 1.29 is 0 Å². The summed E-state index contributed by atoms with van der Waals surface area (Å²) in [4.78, 5) is 0. The van der Waals surface area contributed by atoms with Crippen molar-refractivity contribution in [3.8, 4) is 6.07 Å². The van der Waals surface area contributed by atoms with Crippen LogP contribution in [-0.2, 0) is 0 Å². The molecule has 1 saturated carbocycles. The molecule has 0 saturated heterocycles. The Labute approximate surface area is 84.6 Å². The van der Waals surface area contributed by atoms with E-state index in [1.165, 1.54) is 12.8 Å². The number of rotatable bonds is 3. The van der Waals surface area contributed by atoms with Gasteiger partial charge in [0.2, 0.25) is 0 Å². The minimum atomic E-state index is 0.558. The van der Waals surface area contributed by atoms with E-state index < -0.39 is 0 Å². The molecule has 1 N–H and O–H groups in total. The molecular weight excluding hydrogens is 172 g/mol. The predicted octanol–water partition coefficient (Wildman–Crippen LogP) is 2.77. The van der Waals surface area contributed by atoms with E-state index in [2.05, 4.69) is 18.3 Å². The Kier molecular flexibility index (Phi) is 2.41. The molecule has 2 rings (SSSR count). The average molecular weight is 186 g/mol. The number of nitriles is 1. The molecule has 1 aliphatic rings. The Balaban J connectivity index is 1.99. The SMILES string of the molecule is C[C@H](Nc1ccc(C#N)cc1)C1CC1. The molecule has 0 bridgehead atoms. The van der Waals surface area contributed by atoms with Crippen molar-refractivity contribution in [2.75, 3.05) is 5.32 Å². The molecule has 0 spiro atoms. The molecule has 1 atom stereocenters. The zero-order valence-electron chi connectivity index (χ0n) is 8.33. The first-order valence-electron chi connectivity index (χ1n) is 5.06. The summed E-state index contributed by atoms with van der Waals surface area (Å²) >= 11 is 0. The van der Waals surface area contributed by atoms with Crippen molar-refractivity contribution in [2.45, 2.75) is 25.8 Å². The largest absolute Gasteiger partial charge is 0.382 e. The standard InChI is InChI=1S/C12H14N2/c1-9(11-4-5-11)14-12-6-2-10(8-13)3-7-12/h2-3,6-7,9,11,14H,4-5H2,1H3/t9-/m0/s1. The van der Waals surface area contributed by atoms with Crippen molar-refractivity contribution in [1.82, 2.24) is 0 Å². The molecule has 1 aliphatic carbocycles. The molecule has 1 aromatic rings. The lowest BCUT2D eigenvalue weighted by Gasteiger charge is -2.13. The Morgan fingerprint density at radius 1 is 1.36 bits per heavy atom. The topological polar surface area (TPSA) is 35.8 Å². The van der Waals surface area contributed by atoms with Gasteiger partial charge in [-0.05, 0) is 49.9 Å². The van der Waals surface area contributed by atoms with Crippen molar-refractivity contribution in [1.29, 1.82) is 5.26 Å². The highest BCUT2D eigenvalue weighted by Gasteiger charge is 2.27. The summed E-state index contributed by atoms with van der Waals surface area (Å²) < 4.78 is 0. The van der Waals surface area contributed by atoms with Gasteiger partial charge in [-0.3, -0.25) is 0 Å². The highest BCUT2D eigenvalue weighted by molar-refractivity contribution is 5.47. The van der Waals surface area contributed by atoms with Gasteiger partial charge in [-0.2, -0.15) is 5.26 Å². The smallest absolute Gasteiger partial charge is 0.0991 e. The summed E-state index contributed by atoms with van der Waals surface area (Å²) in [5, 5.41) is 12.1. The molecule has 0 amide bonds. The minimum Gasteiger partial charge on any atom is -0.382 e. The number of nitrogens with one attached hydrogen (secondary N) is 1. The van der Waals surface area contributed by atoms with Crippen LogP contribution in [0.15, 0.2) is 24.3 Å². The fraction of sp³-hybridized carbons (Fsp3) is 0.417. The van der Waals surface area contributed by atoms with E-state index in [9.17, 15) is 0 Å². The van der Waals surface area contributed by atoms with E-state index in [4.69, 9.17) is 5.26 Å². The summed E-state index contributed by atoms with van der Waals surface area (Å²) in [5.74, 6) is 0.852. The van der Waals surface area contributed by atoms with Crippen LogP contribution in [0.5, 0.6) is 0 Å². The van der Waals surface area contributed by atoms with E-state index in [0.29, 0.717) is 6.04 Å². The highest BCUT2D eigenvalue weighted by Crippen LogP contribution is 2.33. The van der Waals surface area contributed by atoms with Gasteiger partial charge in [-0.25, -0.2) is 0 Å². The van der Waals surface area contributed by atoms with Gasteiger partial charge in [0, 0.05) is 11.7 Å². The zero-order valence-corrected chi connectivity index (χ0v) is 8.33. The lowest BCUT2D eigenvalue weighted by molar-refractivity contribution is 0.694. The summed E-state index contributed by atoms with van der Waals surface area (Å²) in [6.45, 7) is 2.22. The first-order valence-corrected chi connectivity index (χ1v) is 5.06. The molecule has 0 aliphatic heterocycles. The van der Waals surface area contributed by atoms with Gasteiger partial charge in [-0.1, -0.05) is 0 Å². The third-order valence-corrected chi connectivity index (χ3v) is 2.74. The van der Waals surface area contributed by atoms with Crippen molar-refractivity contribution in [3.63, 3.8) is 0 Å². The fourth-order valence-electron chi connectivity index (χ4n) is 1.62. The zero-order chi connectivity index (χ0) is 9.97. The molecule has 14 heavy (non-hydrogen) atoms. The van der Waals surface area contributed by atoms with Gasteiger partial charge in [0.15, 0.2) is 0 Å². The van der Waals surface area contributed by atoms with Crippen LogP contribution in [0.4, 0.5) is 5.69 Å². The van der Waals surface area contributed by atoms with E-state index in [1.807, 2.05) is 24.3 Å². The number of hydrogen-bond donors (Lipinski definition) is 1. The second kappa shape index (κ2) is 3.71. The molecule has 2 nitrogen and oxygen atoms in total. The molecule has 1 fully saturated rings.